The number of hydrogen-bond acceptors (Lipinski definition) is 4. The summed E-state index contributed by atoms with van der Waals surface area (Å²) >= 11 is 12.3. The van der Waals surface area contributed by atoms with Crippen LogP contribution >= 0.6 is 23.2 Å². The highest BCUT2D eigenvalue weighted by Crippen LogP contribution is 2.44. The van der Waals surface area contributed by atoms with E-state index in [0.29, 0.717) is 21.6 Å². The molecule has 1 aliphatic carbocycles. The fraction of sp³-hybridized carbons (Fsp3) is 0.267. The summed E-state index contributed by atoms with van der Waals surface area (Å²) in [6.45, 7) is 2.27. The van der Waals surface area contributed by atoms with Crippen molar-refractivity contribution in [2.24, 2.45) is 4.99 Å². The highest BCUT2D eigenvalue weighted by molar-refractivity contribution is 6.31. The monoisotopic (exact) mass is 562 g/mol. The molecule has 39 heavy (non-hydrogen) atoms. The molecule has 0 unspecified atom stereocenters. The maximum Gasteiger partial charge on any atom is 0.350 e. The second-order valence-corrected chi connectivity index (χ2v) is 10.5. The van der Waals surface area contributed by atoms with Crippen LogP contribution in [0, 0.1) is 0 Å². The molecule has 0 fully saturated rings. The maximum atomic E-state index is 13.4. The summed E-state index contributed by atoms with van der Waals surface area (Å²) in [6.07, 6.45) is 2.50. The van der Waals surface area contributed by atoms with Crippen LogP contribution in [0.2, 0.25) is 10.0 Å². The van der Waals surface area contributed by atoms with Crippen molar-refractivity contribution in [2.75, 3.05) is 0 Å². The van der Waals surface area contributed by atoms with Gasteiger partial charge in [-0.1, -0.05) is 66.5 Å². The molecule has 0 saturated heterocycles. The maximum absolute atomic E-state index is 13.4. The Bertz CT molecular complexity index is 1590. The number of carboxylic acids is 1. The lowest BCUT2D eigenvalue weighted by atomic mass is 9.72. The molecule has 0 radical (unpaired) electrons. The molecule has 0 aliphatic heterocycles. The number of carboxylic acid groups (broad SMARTS) is 1. The van der Waals surface area contributed by atoms with Crippen molar-refractivity contribution in [1.29, 1.82) is 0 Å². The Labute approximate surface area is 236 Å². The Kier molecular flexibility index (Phi) is 7.73. The minimum atomic E-state index is -0.995. The fourth-order valence-electron chi connectivity index (χ4n) is 5.48. The van der Waals surface area contributed by atoms with Gasteiger partial charge in [-0.3, -0.25) is 14.4 Å². The fourth-order valence-corrected chi connectivity index (χ4v) is 5.73. The quantitative estimate of drug-likeness (QED) is 0.249. The number of nitrogens with zero attached hydrogens (tertiary/aromatic N) is 4. The van der Waals surface area contributed by atoms with Gasteiger partial charge in [0.2, 0.25) is 0 Å². The number of aryl methyl sites for hydroxylation is 1. The van der Waals surface area contributed by atoms with E-state index in [1.165, 1.54) is 20.4 Å². The van der Waals surface area contributed by atoms with E-state index in [-0.39, 0.29) is 24.9 Å². The van der Waals surface area contributed by atoms with Crippen LogP contribution in [0.15, 0.2) is 82.6 Å². The number of rotatable bonds is 9. The summed E-state index contributed by atoms with van der Waals surface area (Å²) in [7, 11) is 0. The summed E-state index contributed by atoms with van der Waals surface area (Å²) in [4.78, 5) is 29.9. The van der Waals surface area contributed by atoms with E-state index in [2.05, 4.69) is 36.3 Å². The Morgan fingerprint density at radius 2 is 1.69 bits per heavy atom. The number of aliphatic imine (C=N–C) groups is 1. The molecule has 3 aromatic carbocycles. The van der Waals surface area contributed by atoms with E-state index in [1.807, 2.05) is 24.3 Å². The number of aromatic nitrogens is 3. The Morgan fingerprint density at radius 1 is 1.03 bits per heavy atom. The van der Waals surface area contributed by atoms with Gasteiger partial charge < -0.3 is 5.11 Å². The van der Waals surface area contributed by atoms with Gasteiger partial charge in [-0.05, 0) is 72.4 Å². The SMILES string of the molecule is CC[C@@]1(C(=NCc2nn(-c3ccc(Cl)cc3)c(=O)n2CCC(=O)O)c2ccc(Cl)cc2)CCc2ccccc21. The van der Waals surface area contributed by atoms with Gasteiger partial charge in [-0.25, -0.2) is 4.79 Å². The van der Waals surface area contributed by atoms with E-state index < -0.39 is 11.7 Å². The predicted molar refractivity (Wildman–Crippen MR) is 154 cm³/mol. The Balaban J connectivity index is 1.63. The molecule has 200 valence electrons. The summed E-state index contributed by atoms with van der Waals surface area (Å²) in [5, 5.41) is 15.1. The van der Waals surface area contributed by atoms with Gasteiger partial charge in [-0.2, -0.15) is 4.68 Å². The van der Waals surface area contributed by atoms with Crippen LogP contribution in [-0.2, 0) is 29.7 Å². The van der Waals surface area contributed by atoms with E-state index in [9.17, 15) is 14.7 Å². The van der Waals surface area contributed by atoms with Crippen molar-refractivity contribution in [2.45, 2.75) is 51.1 Å². The van der Waals surface area contributed by atoms with Gasteiger partial charge >= 0.3 is 11.7 Å². The standard InChI is InChI=1S/C30H28Cl2N4O3/c1-2-30(17-15-20-5-3-4-6-25(20)30)28(21-7-9-22(31)10-8-21)33-19-26-34-36(24-13-11-23(32)12-14-24)29(39)35(26)18-16-27(37)38/h3-14H,2,15-19H2,1H3,(H,37,38)/t30-/m1/s1. The van der Waals surface area contributed by atoms with Crippen LogP contribution in [0.1, 0.15) is 48.7 Å². The van der Waals surface area contributed by atoms with E-state index in [4.69, 9.17) is 28.2 Å². The summed E-state index contributed by atoms with van der Waals surface area (Å²) in [5.41, 5.74) is 4.24. The number of benzene rings is 3. The molecule has 4 aromatic rings. The lowest BCUT2D eigenvalue weighted by Crippen LogP contribution is -2.34. The largest absolute Gasteiger partial charge is 0.481 e. The molecule has 1 heterocycles. The highest BCUT2D eigenvalue weighted by atomic mass is 35.5. The van der Waals surface area contributed by atoms with Crippen LogP contribution in [0.5, 0.6) is 0 Å². The Morgan fingerprint density at radius 3 is 2.36 bits per heavy atom. The van der Waals surface area contributed by atoms with Gasteiger partial charge in [0.25, 0.3) is 0 Å². The van der Waals surface area contributed by atoms with E-state index in [0.717, 1.165) is 30.5 Å². The summed E-state index contributed by atoms with van der Waals surface area (Å²) in [6, 6.07) is 22.9. The lowest BCUT2D eigenvalue weighted by molar-refractivity contribution is -0.137. The molecule has 1 atom stereocenters. The molecule has 0 saturated carbocycles. The highest BCUT2D eigenvalue weighted by Gasteiger charge is 2.42. The molecule has 0 amide bonds. The first-order valence-electron chi connectivity index (χ1n) is 12.9. The number of hydrogen-bond donors (Lipinski definition) is 1. The third-order valence-corrected chi connectivity index (χ3v) is 7.97. The minimum absolute atomic E-state index is 0.00928. The number of fused-ring (bicyclic) bond motifs is 1. The lowest BCUT2D eigenvalue weighted by Gasteiger charge is -2.32. The van der Waals surface area contributed by atoms with Gasteiger partial charge in [0, 0.05) is 22.0 Å². The van der Waals surface area contributed by atoms with Crippen LogP contribution in [0.4, 0.5) is 0 Å². The number of halogens is 2. The summed E-state index contributed by atoms with van der Waals surface area (Å²) < 4.78 is 2.67. The van der Waals surface area contributed by atoms with Crippen molar-refractivity contribution in [3.05, 3.63) is 116 Å². The zero-order valence-corrected chi connectivity index (χ0v) is 23.0. The first kappa shape index (κ1) is 26.9. The number of carbonyl (C=O) groups is 1. The molecular weight excluding hydrogens is 535 g/mol. The molecule has 1 N–H and O–H groups in total. The van der Waals surface area contributed by atoms with Gasteiger partial charge in [0.15, 0.2) is 5.82 Å². The number of aliphatic carboxylic acids is 1. The Hall–Kier alpha value is -3.68. The van der Waals surface area contributed by atoms with Crippen LogP contribution < -0.4 is 5.69 Å². The molecule has 0 spiro atoms. The third-order valence-electron chi connectivity index (χ3n) is 7.47. The zero-order chi connectivity index (χ0) is 27.6. The zero-order valence-electron chi connectivity index (χ0n) is 21.5. The van der Waals surface area contributed by atoms with Crippen molar-refractivity contribution < 1.29 is 9.90 Å². The van der Waals surface area contributed by atoms with Crippen molar-refractivity contribution >= 4 is 34.9 Å². The third kappa shape index (κ3) is 5.29. The smallest absolute Gasteiger partial charge is 0.350 e. The molecule has 0 bridgehead atoms. The molecule has 7 nitrogen and oxygen atoms in total. The van der Waals surface area contributed by atoms with Crippen LogP contribution in [0.25, 0.3) is 5.69 Å². The molecule has 1 aliphatic rings. The first-order chi connectivity index (χ1) is 18.8. The molecule has 9 heteroatoms. The second kappa shape index (κ2) is 11.2. The van der Waals surface area contributed by atoms with Crippen molar-refractivity contribution in [3.63, 3.8) is 0 Å². The average molecular weight is 563 g/mol. The molecule has 5 rings (SSSR count). The van der Waals surface area contributed by atoms with Crippen molar-refractivity contribution in [1.82, 2.24) is 14.3 Å². The summed E-state index contributed by atoms with van der Waals surface area (Å²) in [5.74, 6) is -0.606. The van der Waals surface area contributed by atoms with Crippen molar-refractivity contribution in [3.8, 4) is 5.69 Å². The van der Waals surface area contributed by atoms with Crippen LogP contribution in [0.3, 0.4) is 0 Å². The minimum Gasteiger partial charge on any atom is -0.481 e. The van der Waals surface area contributed by atoms with Gasteiger partial charge in [0.05, 0.1) is 24.4 Å². The molecule has 1 aromatic heterocycles. The average Bonchev–Trinajstić information content (AvgIpc) is 3.47. The van der Waals surface area contributed by atoms with Gasteiger partial charge in [0.1, 0.15) is 0 Å². The van der Waals surface area contributed by atoms with Crippen LogP contribution in [-0.4, -0.2) is 31.1 Å². The van der Waals surface area contributed by atoms with E-state index >= 15 is 0 Å². The van der Waals surface area contributed by atoms with Gasteiger partial charge in [-0.15, -0.1) is 5.10 Å². The first-order valence-corrected chi connectivity index (χ1v) is 13.6. The molecular formula is C30H28Cl2N4O3. The van der Waals surface area contributed by atoms with E-state index in [1.54, 1.807) is 24.3 Å². The second-order valence-electron chi connectivity index (χ2n) is 9.65. The topological polar surface area (TPSA) is 89.5 Å². The normalized spacial score (nSPS) is 16.8. The predicted octanol–water partition coefficient (Wildman–Crippen LogP) is 6.10.